The Bertz CT molecular complexity index is 960. The molecular weight excluding hydrogens is 322 g/mol. The summed E-state index contributed by atoms with van der Waals surface area (Å²) in [5, 5.41) is 3.42. The molecule has 0 radical (unpaired) electrons. The summed E-state index contributed by atoms with van der Waals surface area (Å²) in [6.45, 7) is 10.8. The zero-order chi connectivity index (χ0) is 18.0. The first-order valence-corrected chi connectivity index (χ1v) is 9.46. The molecule has 1 aromatic heterocycles. The Morgan fingerprint density at radius 3 is 2.60 bits per heavy atom. The van der Waals surface area contributed by atoms with Crippen molar-refractivity contribution in [3.8, 4) is 0 Å². The van der Waals surface area contributed by atoms with Crippen LogP contribution in [0.25, 0.3) is 15.8 Å². The molecule has 1 nitrogen and oxygen atoms in total. The van der Waals surface area contributed by atoms with Gasteiger partial charge >= 0.3 is 0 Å². The first-order chi connectivity index (χ1) is 12.0. The maximum atomic E-state index is 4.23. The monoisotopic (exact) mass is 347 g/mol. The highest BCUT2D eigenvalue weighted by molar-refractivity contribution is 8.10. The number of nitrogens with zero attached hydrogens (tertiary/aromatic N) is 1. The summed E-state index contributed by atoms with van der Waals surface area (Å²) in [5.74, 6) is 0. The van der Waals surface area contributed by atoms with Crippen molar-refractivity contribution in [2.45, 2.75) is 27.2 Å². The zero-order valence-corrected chi connectivity index (χ0v) is 16.3. The van der Waals surface area contributed by atoms with Crippen molar-refractivity contribution in [1.29, 1.82) is 0 Å². The molecule has 128 valence electrons. The predicted molar refractivity (Wildman–Crippen MR) is 113 cm³/mol. The summed E-state index contributed by atoms with van der Waals surface area (Å²) in [5.41, 5.74) is 7.94. The molecule has 0 saturated carbocycles. The van der Waals surface area contributed by atoms with Gasteiger partial charge in [0.1, 0.15) is 0 Å². The van der Waals surface area contributed by atoms with Crippen LogP contribution in [0.5, 0.6) is 0 Å². The van der Waals surface area contributed by atoms with Gasteiger partial charge < -0.3 is 4.57 Å². The van der Waals surface area contributed by atoms with Crippen LogP contribution in [0, 0.1) is 20.8 Å². The van der Waals surface area contributed by atoms with E-state index in [-0.39, 0.29) is 0 Å². The fourth-order valence-corrected chi connectivity index (χ4v) is 3.69. The minimum absolute atomic E-state index is 0.963. The van der Waals surface area contributed by atoms with Crippen LogP contribution in [0.15, 0.2) is 60.7 Å². The number of thioether (sulfide) groups is 1. The molecule has 0 amide bonds. The number of aromatic nitrogens is 1. The van der Waals surface area contributed by atoms with Crippen molar-refractivity contribution in [2.24, 2.45) is 7.05 Å². The quantitative estimate of drug-likeness (QED) is 0.505. The predicted octanol–water partition coefficient (Wildman–Crippen LogP) is 6.56. The van der Waals surface area contributed by atoms with E-state index in [1.54, 1.807) is 11.8 Å². The summed E-state index contributed by atoms with van der Waals surface area (Å²) in [7, 11) is 2.07. The van der Waals surface area contributed by atoms with E-state index >= 15 is 0 Å². The van der Waals surface area contributed by atoms with E-state index in [2.05, 4.69) is 93.0 Å². The average Bonchev–Trinajstić information content (AvgIpc) is 2.96. The normalized spacial score (nSPS) is 11.5. The molecule has 1 heterocycles. The van der Waals surface area contributed by atoms with Crippen LogP contribution in [0.4, 0.5) is 0 Å². The molecule has 0 saturated heterocycles. The topological polar surface area (TPSA) is 4.93 Å². The van der Waals surface area contributed by atoms with Crippen LogP contribution in [-0.4, -0.2) is 4.57 Å². The molecule has 0 atom stereocenters. The summed E-state index contributed by atoms with van der Waals surface area (Å²) in [6, 6.07) is 13.3. The largest absolute Gasteiger partial charge is 0.351 e. The fourth-order valence-electron chi connectivity index (χ4n) is 3.07. The highest BCUT2D eigenvalue weighted by Crippen LogP contribution is 2.29. The second-order valence-corrected chi connectivity index (χ2v) is 7.68. The van der Waals surface area contributed by atoms with Crippen LogP contribution < -0.4 is 0 Å². The van der Waals surface area contributed by atoms with E-state index in [4.69, 9.17) is 0 Å². The van der Waals surface area contributed by atoms with E-state index in [0.717, 1.165) is 11.3 Å². The molecule has 0 aliphatic carbocycles. The summed E-state index contributed by atoms with van der Waals surface area (Å²) in [4.78, 5) is 1.08. The van der Waals surface area contributed by atoms with E-state index in [0.29, 0.717) is 0 Å². The summed E-state index contributed by atoms with van der Waals surface area (Å²) in [6.07, 6.45) is 5.29. The molecule has 0 N–H and O–H groups in total. The molecule has 0 aliphatic rings. The maximum absolute atomic E-state index is 4.23. The van der Waals surface area contributed by atoms with Gasteiger partial charge in [0.25, 0.3) is 0 Å². The molecule has 0 unspecified atom stereocenters. The Labute approximate surface area is 155 Å². The van der Waals surface area contributed by atoms with Gasteiger partial charge in [-0.05, 0) is 78.6 Å². The third-order valence-corrected chi connectivity index (χ3v) is 5.65. The number of benzene rings is 2. The Kier molecular flexibility index (Phi) is 5.19. The lowest BCUT2D eigenvalue weighted by Crippen LogP contribution is -1.91. The van der Waals surface area contributed by atoms with Crippen molar-refractivity contribution < 1.29 is 0 Å². The van der Waals surface area contributed by atoms with E-state index in [1.807, 2.05) is 0 Å². The molecule has 0 fully saturated rings. The average molecular weight is 348 g/mol. The lowest BCUT2D eigenvalue weighted by atomic mass is 9.99. The SMILES string of the molecule is C=C(S/C=C/Cc1cc(C)c(C)cc1C)c1ccc2c(ccn2C)c1. The summed E-state index contributed by atoms with van der Waals surface area (Å²) < 4.78 is 2.14. The van der Waals surface area contributed by atoms with Crippen molar-refractivity contribution >= 4 is 27.6 Å². The number of hydrogen-bond donors (Lipinski definition) is 0. The number of fused-ring (bicyclic) bond motifs is 1. The van der Waals surface area contributed by atoms with E-state index in [9.17, 15) is 0 Å². The zero-order valence-electron chi connectivity index (χ0n) is 15.5. The molecule has 0 spiro atoms. The second-order valence-electron chi connectivity index (χ2n) is 6.68. The van der Waals surface area contributed by atoms with E-state index in [1.165, 1.54) is 38.7 Å². The number of aryl methyl sites for hydroxylation is 4. The van der Waals surface area contributed by atoms with E-state index < -0.39 is 0 Å². The van der Waals surface area contributed by atoms with Gasteiger partial charge in [-0.3, -0.25) is 0 Å². The Morgan fingerprint density at radius 2 is 1.80 bits per heavy atom. The van der Waals surface area contributed by atoms with Crippen LogP contribution >= 0.6 is 11.8 Å². The number of hydrogen-bond acceptors (Lipinski definition) is 1. The van der Waals surface area contributed by atoms with Gasteiger partial charge in [-0.25, -0.2) is 0 Å². The van der Waals surface area contributed by atoms with Crippen molar-refractivity contribution in [2.75, 3.05) is 0 Å². The van der Waals surface area contributed by atoms with Crippen molar-refractivity contribution in [3.05, 3.63) is 88.5 Å². The Morgan fingerprint density at radius 1 is 1.04 bits per heavy atom. The number of rotatable bonds is 5. The van der Waals surface area contributed by atoms with Gasteiger partial charge in [0.05, 0.1) is 0 Å². The first kappa shape index (κ1) is 17.6. The lowest BCUT2D eigenvalue weighted by Gasteiger charge is -2.08. The Balaban J connectivity index is 1.65. The van der Waals surface area contributed by atoms with Crippen LogP contribution in [0.2, 0.25) is 0 Å². The third-order valence-electron chi connectivity index (χ3n) is 4.80. The van der Waals surface area contributed by atoms with Gasteiger partial charge in [0.2, 0.25) is 0 Å². The molecule has 3 aromatic rings. The van der Waals surface area contributed by atoms with Crippen molar-refractivity contribution in [3.63, 3.8) is 0 Å². The minimum atomic E-state index is 0.963. The highest BCUT2D eigenvalue weighted by Gasteiger charge is 2.03. The molecule has 25 heavy (non-hydrogen) atoms. The van der Waals surface area contributed by atoms with Gasteiger partial charge in [0.15, 0.2) is 0 Å². The molecule has 0 bridgehead atoms. The maximum Gasteiger partial charge on any atom is 0.0478 e. The highest BCUT2D eigenvalue weighted by atomic mass is 32.2. The molecule has 3 rings (SSSR count). The number of allylic oxidation sites excluding steroid dienone is 1. The molecule has 2 aromatic carbocycles. The fraction of sp³-hybridized carbons (Fsp3) is 0.217. The first-order valence-electron chi connectivity index (χ1n) is 8.58. The molecule has 2 heteroatoms. The van der Waals surface area contributed by atoms with Crippen LogP contribution in [0.1, 0.15) is 27.8 Å². The molecule has 0 aliphatic heterocycles. The van der Waals surface area contributed by atoms with Crippen LogP contribution in [-0.2, 0) is 13.5 Å². The standard InChI is InChI=1S/C23H25NS/c1-16-13-18(3)20(14-17(16)2)7-6-12-25-19(4)21-8-9-23-22(15-21)10-11-24(23)5/h6,8-15H,4,7H2,1-3,5H3/b12-6+. The Hall–Kier alpha value is -2.19. The lowest BCUT2D eigenvalue weighted by molar-refractivity contribution is 0.969. The molecular formula is C23H25NS. The van der Waals surface area contributed by atoms with Crippen molar-refractivity contribution in [1.82, 2.24) is 4.57 Å². The van der Waals surface area contributed by atoms with Gasteiger partial charge in [-0.2, -0.15) is 0 Å². The van der Waals surface area contributed by atoms with Gasteiger partial charge in [-0.1, -0.05) is 42.6 Å². The minimum Gasteiger partial charge on any atom is -0.351 e. The van der Waals surface area contributed by atoms with Gasteiger partial charge in [0, 0.05) is 29.1 Å². The third kappa shape index (κ3) is 3.91. The second kappa shape index (κ2) is 7.37. The smallest absolute Gasteiger partial charge is 0.0478 e. The van der Waals surface area contributed by atoms with Gasteiger partial charge in [-0.15, -0.1) is 0 Å². The van der Waals surface area contributed by atoms with Crippen LogP contribution in [0.3, 0.4) is 0 Å². The summed E-state index contributed by atoms with van der Waals surface area (Å²) >= 11 is 1.70.